The summed E-state index contributed by atoms with van der Waals surface area (Å²) < 4.78 is 0. The summed E-state index contributed by atoms with van der Waals surface area (Å²) in [6, 6.07) is 0. The highest BCUT2D eigenvalue weighted by Crippen LogP contribution is 2.16. The molecule has 0 aromatic rings. The lowest BCUT2D eigenvalue weighted by molar-refractivity contribution is 0.515. The van der Waals surface area contributed by atoms with Crippen LogP contribution >= 0.6 is 0 Å². The molecule has 0 aliphatic carbocycles. The maximum atomic E-state index is 3.66. The van der Waals surface area contributed by atoms with Gasteiger partial charge in [-0.1, -0.05) is 193 Å². The minimum Gasteiger partial charge on any atom is -0.317 e. The van der Waals surface area contributed by atoms with Gasteiger partial charge in [-0.3, -0.25) is 0 Å². The van der Waals surface area contributed by atoms with Crippen LogP contribution in [0.3, 0.4) is 0 Å². The summed E-state index contributed by atoms with van der Waals surface area (Å²) in [5.74, 6) is 0. The van der Waals surface area contributed by atoms with Crippen molar-refractivity contribution < 1.29 is 0 Å². The number of unbranched alkanes of at least 4 members (excludes halogenated alkanes) is 32. The zero-order valence-electron chi connectivity index (χ0n) is 41.5. The molecule has 0 aromatic heterocycles. The normalized spacial score (nSPS) is 11.8. The van der Waals surface area contributed by atoms with E-state index in [0.29, 0.717) is 0 Å². The molecule has 360 valence electrons. The van der Waals surface area contributed by atoms with Crippen LogP contribution in [-0.2, 0) is 0 Å². The van der Waals surface area contributed by atoms with Crippen LogP contribution in [0.5, 0.6) is 0 Å². The number of nitrogens with one attached hydrogen (secondary N) is 6. The van der Waals surface area contributed by atoms with Gasteiger partial charge in [-0.2, -0.15) is 0 Å². The minimum atomic E-state index is 1.05. The van der Waals surface area contributed by atoms with Gasteiger partial charge < -0.3 is 31.9 Å². The lowest BCUT2D eigenvalue weighted by Crippen LogP contribution is -2.23. The van der Waals surface area contributed by atoms with Crippen LogP contribution in [0.25, 0.3) is 0 Å². The Morgan fingerprint density at radius 2 is 0.450 bits per heavy atom. The zero-order chi connectivity index (χ0) is 43.0. The number of hydrogen-bond acceptors (Lipinski definition) is 6. The fourth-order valence-electron chi connectivity index (χ4n) is 8.32. The monoisotopic (exact) mass is 847 g/mol. The van der Waals surface area contributed by atoms with Gasteiger partial charge in [-0.15, -0.1) is 0 Å². The molecular weight excluding hydrogens is 733 g/mol. The van der Waals surface area contributed by atoms with Crippen molar-refractivity contribution in [2.24, 2.45) is 0 Å². The van der Waals surface area contributed by atoms with Crippen molar-refractivity contribution in [1.29, 1.82) is 0 Å². The first-order chi connectivity index (χ1) is 29.9. The van der Waals surface area contributed by atoms with Gasteiger partial charge in [-0.25, -0.2) is 0 Å². The molecule has 6 nitrogen and oxygen atoms in total. The van der Waals surface area contributed by atoms with Crippen molar-refractivity contribution in [1.82, 2.24) is 31.9 Å². The molecule has 6 N–H and O–H groups in total. The molecule has 0 amide bonds. The van der Waals surface area contributed by atoms with E-state index in [1.54, 1.807) is 0 Å². The number of rotatable bonds is 56. The van der Waals surface area contributed by atoms with E-state index in [4.69, 9.17) is 0 Å². The molecule has 0 aliphatic heterocycles. The van der Waals surface area contributed by atoms with Crippen molar-refractivity contribution in [3.63, 3.8) is 0 Å². The fraction of sp³-hybridized carbons (Fsp3) is 0.963. The Morgan fingerprint density at radius 3 is 0.750 bits per heavy atom. The molecule has 0 atom stereocenters. The Labute approximate surface area is 379 Å². The molecule has 0 heterocycles. The van der Waals surface area contributed by atoms with E-state index in [9.17, 15) is 0 Å². The van der Waals surface area contributed by atoms with Crippen LogP contribution in [0.2, 0.25) is 0 Å². The zero-order valence-corrected chi connectivity index (χ0v) is 41.5. The number of hydrogen-bond donors (Lipinski definition) is 6. The summed E-state index contributed by atoms with van der Waals surface area (Å²) in [6.45, 7) is 18.3. The summed E-state index contributed by atoms with van der Waals surface area (Å²) >= 11 is 0. The van der Waals surface area contributed by atoms with Crippen molar-refractivity contribution in [3.05, 3.63) is 12.2 Å². The molecule has 0 spiro atoms. The largest absolute Gasteiger partial charge is 0.317 e. The molecule has 0 saturated carbocycles. The fourth-order valence-corrected chi connectivity index (χ4v) is 8.32. The van der Waals surface area contributed by atoms with Gasteiger partial charge in [0.2, 0.25) is 0 Å². The molecule has 0 radical (unpaired) electrons. The summed E-state index contributed by atoms with van der Waals surface area (Å²) in [4.78, 5) is 0. The second kappa shape index (κ2) is 58.5. The Balaban J connectivity index is 3.10. The van der Waals surface area contributed by atoms with E-state index in [1.165, 1.54) is 283 Å². The summed E-state index contributed by atoms with van der Waals surface area (Å²) in [7, 11) is 0. The molecule has 0 rings (SSSR count). The van der Waals surface area contributed by atoms with Gasteiger partial charge >= 0.3 is 0 Å². The number of allylic oxidation sites excluding steroid dienone is 1. The van der Waals surface area contributed by atoms with Gasteiger partial charge in [0.05, 0.1) is 0 Å². The van der Waals surface area contributed by atoms with E-state index >= 15 is 0 Å². The minimum absolute atomic E-state index is 1.05. The Bertz CT molecular complexity index is 688. The predicted octanol–water partition coefficient (Wildman–Crippen LogP) is 13.9. The third-order valence-electron chi connectivity index (χ3n) is 12.4. The lowest BCUT2D eigenvalue weighted by Gasteiger charge is -2.08. The van der Waals surface area contributed by atoms with E-state index in [-0.39, 0.29) is 0 Å². The van der Waals surface area contributed by atoms with E-state index < -0.39 is 0 Å². The van der Waals surface area contributed by atoms with Crippen LogP contribution in [0.15, 0.2) is 12.2 Å². The van der Waals surface area contributed by atoms with E-state index in [0.717, 1.165) is 39.3 Å². The van der Waals surface area contributed by atoms with Crippen LogP contribution < -0.4 is 31.9 Å². The van der Waals surface area contributed by atoms with Crippen molar-refractivity contribution in [2.75, 3.05) is 78.5 Å². The summed E-state index contributed by atoms with van der Waals surface area (Å²) in [6.07, 6.45) is 58.2. The van der Waals surface area contributed by atoms with Gasteiger partial charge in [0.1, 0.15) is 0 Å². The van der Waals surface area contributed by atoms with E-state index in [1.807, 2.05) is 0 Å². The van der Waals surface area contributed by atoms with Crippen LogP contribution in [0, 0.1) is 0 Å². The maximum absolute atomic E-state index is 3.66. The molecule has 0 fully saturated rings. The van der Waals surface area contributed by atoms with Gasteiger partial charge in [0, 0.05) is 6.54 Å². The Morgan fingerprint density at radius 1 is 0.217 bits per heavy atom. The molecule has 0 aliphatic rings. The third-order valence-corrected chi connectivity index (χ3v) is 12.4. The molecule has 60 heavy (non-hydrogen) atoms. The lowest BCUT2D eigenvalue weighted by atomic mass is 10.0. The molecular formula is C54H114N6. The summed E-state index contributed by atoms with van der Waals surface area (Å²) in [5, 5.41) is 21.5. The highest BCUT2D eigenvalue weighted by molar-refractivity contribution is 4.83. The molecule has 0 saturated heterocycles. The first-order valence-electron chi connectivity index (χ1n) is 27.8. The molecule has 0 unspecified atom stereocenters. The smallest absolute Gasteiger partial charge is 0.0134 e. The standard InChI is InChI=1S/C54H114N6/c1-3-5-6-7-8-9-10-11-12-13-14-15-16-17-18-19-20-21-22-23-24-25-27-30-33-45-56-46-34-31-28-26-29-32-35-47-57-49-38-39-51-59-53-42-43-54-60-52-41-40-50-58-48-37-36-44-55-4-2/h31,34,55-60H,3-30,32-33,35-54H2,1-2H3/b34-31+. The van der Waals surface area contributed by atoms with Crippen molar-refractivity contribution >= 4 is 0 Å². The maximum Gasteiger partial charge on any atom is 0.0134 e. The highest BCUT2D eigenvalue weighted by Gasteiger charge is 1.98. The SMILES string of the molecule is CCCCCCCCCCCCCCCCCCCCCCCCCCCNC/C=C/CCCCCCNCCCCNCCCCNCCCCNCCCCNCC. The second-order valence-corrected chi connectivity index (χ2v) is 18.5. The average molecular weight is 848 g/mol. The summed E-state index contributed by atoms with van der Waals surface area (Å²) in [5.41, 5.74) is 0. The average Bonchev–Trinajstić information content (AvgIpc) is 3.26. The predicted molar refractivity (Wildman–Crippen MR) is 273 cm³/mol. The third kappa shape index (κ3) is 57.5. The Kier molecular flexibility index (Phi) is 58.0. The topological polar surface area (TPSA) is 72.2 Å². The quantitative estimate of drug-likeness (QED) is 0.0271. The van der Waals surface area contributed by atoms with Crippen LogP contribution in [0.4, 0.5) is 0 Å². The van der Waals surface area contributed by atoms with Crippen LogP contribution in [-0.4, -0.2) is 78.5 Å². The highest BCUT2D eigenvalue weighted by atomic mass is 14.9. The Hall–Kier alpha value is -0.500. The van der Waals surface area contributed by atoms with Crippen molar-refractivity contribution in [2.45, 2.75) is 258 Å². The molecule has 6 heteroatoms. The van der Waals surface area contributed by atoms with Crippen LogP contribution in [0.1, 0.15) is 258 Å². The molecule has 0 bridgehead atoms. The van der Waals surface area contributed by atoms with E-state index in [2.05, 4.69) is 57.9 Å². The first kappa shape index (κ1) is 59.5. The van der Waals surface area contributed by atoms with Gasteiger partial charge in [0.25, 0.3) is 0 Å². The first-order valence-corrected chi connectivity index (χ1v) is 27.8. The second-order valence-electron chi connectivity index (χ2n) is 18.5. The van der Waals surface area contributed by atoms with Gasteiger partial charge in [-0.05, 0) is 149 Å². The van der Waals surface area contributed by atoms with Crippen molar-refractivity contribution in [3.8, 4) is 0 Å². The van der Waals surface area contributed by atoms with Gasteiger partial charge in [0.15, 0.2) is 0 Å². The molecule has 0 aromatic carbocycles.